The minimum Gasteiger partial charge on any atom is -0.463 e. The number of hydrogen-bond donors (Lipinski definition) is 1. The van der Waals surface area contributed by atoms with E-state index in [9.17, 15) is 9.59 Å². The third kappa shape index (κ3) is 7.51. The minimum atomic E-state index is -0.367. The lowest BCUT2D eigenvalue weighted by Gasteiger charge is -2.05. The summed E-state index contributed by atoms with van der Waals surface area (Å²) in [4.78, 5) is 22.8. The zero-order valence-electron chi connectivity index (χ0n) is 12.1. The molecule has 0 saturated heterocycles. The SMILES string of the molecule is CCOC(=O)/C=C/c1ccc(NC(=O)CCCCCl)cc1. The molecule has 1 N–H and O–H groups in total. The number of carbonyl (C=O) groups is 2. The number of esters is 1. The van der Waals surface area contributed by atoms with Gasteiger partial charge in [-0.15, -0.1) is 11.6 Å². The van der Waals surface area contributed by atoms with E-state index in [1.165, 1.54) is 6.08 Å². The van der Waals surface area contributed by atoms with Gasteiger partial charge in [-0.1, -0.05) is 12.1 Å². The highest BCUT2D eigenvalue weighted by Gasteiger charge is 2.02. The van der Waals surface area contributed by atoms with Crippen LogP contribution in [0.5, 0.6) is 0 Å². The predicted octanol–water partition coefficient (Wildman–Crippen LogP) is 3.61. The molecule has 0 heterocycles. The Kier molecular flexibility index (Phi) is 8.21. The summed E-state index contributed by atoms with van der Waals surface area (Å²) in [6.45, 7) is 2.12. The summed E-state index contributed by atoms with van der Waals surface area (Å²) in [7, 11) is 0. The molecule has 0 spiro atoms. The molecule has 1 rings (SSSR count). The van der Waals surface area contributed by atoms with Gasteiger partial charge in [0, 0.05) is 24.1 Å². The van der Waals surface area contributed by atoms with Crippen LogP contribution in [0.4, 0.5) is 5.69 Å². The van der Waals surface area contributed by atoms with E-state index in [0.717, 1.165) is 24.1 Å². The molecule has 5 heteroatoms. The van der Waals surface area contributed by atoms with E-state index in [0.29, 0.717) is 18.9 Å². The van der Waals surface area contributed by atoms with Crippen LogP contribution in [0.3, 0.4) is 0 Å². The molecular formula is C16H20ClNO3. The number of anilines is 1. The summed E-state index contributed by atoms with van der Waals surface area (Å²) in [5.74, 6) is 0.193. The molecular weight excluding hydrogens is 290 g/mol. The maximum atomic E-state index is 11.6. The number of benzene rings is 1. The second-order valence-electron chi connectivity index (χ2n) is 4.40. The largest absolute Gasteiger partial charge is 0.463 e. The predicted molar refractivity (Wildman–Crippen MR) is 85.3 cm³/mol. The van der Waals surface area contributed by atoms with Crippen LogP contribution in [-0.2, 0) is 14.3 Å². The zero-order chi connectivity index (χ0) is 15.5. The van der Waals surface area contributed by atoms with Crippen LogP contribution in [0.2, 0.25) is 0 Å². The van der Waals surface area contributed by atoms with E-state index < -0.39 is 0 Å². The van der Waals surface area contributed by atoms with Crippen LogP contribution in [-0.4, -0.2) is 24.4 Å². The number of halogens is 1. The van der Waals surface area contributed by atoms with Gasteiger partial charge in [0.1, 0.15) is 0 Å². The van der Waals surface area contributed by atoms with E-state index in [2.05, 4.69) is 5.32 Å². The Hall–Kier alpha value is -1.81. The van der Waals surface area contributed by atoms with Crippen molar-refractivity contribution < 1.29 is 14.3 Å². The number of amides is 1. The average molecular weight is 310 g/mol. The van der Waals surface area contributed by atoms with Gasteiger partial charge in [-0.2, -0.15) is 0 Å². The van der Waals surface area contributed by atoms with Crippen LogP contribution in [0.15, 0.2) is 30.3 Å². The Labute approximate surface area is 130 Å². The molecule has 0 unspecified atom stereocenters. The van der Waals surface area contributed by atoms with Crippen molar-refractivity contribution in [2.24, 2.45) is 0 Å². The molecule has 114 valence electrons. The van der Waals surface area contributed by atoms with E-state index in [1.807, 2.05) is 12.1 Å². The van der Waals surface area contributed by atoms with E-state index in [1.54, 1.807) is 25.1 Å². The number of rotatable bonds is 8. The van der Waals surface area contributed by atoms with Crippen LogP contribution in [0, 0.1) is 0 Å². The van der Waals surface area contributed by atoms with Gasteiger partial charge < -0.3 is 10.1 Å². The molecule has 0 fully saturated rings. The van der Waals surface area contributed by atoms with Gasteiger partial charge in [-0.3, -0.25) is 4.79 Å². The van der Waals surface area contributed by atoms with Crippen molar-refractivity contribution in [1.82, 2.24) is 0 Å². The average Bonchev–Trinajstić information content (AvgIpc) is 2.47. The van der Waals surface area contributed by atoms with Gasteiger partial charge in [0.25, 0.3) is 0 Å². The molecule has 0 aliphatic carbocycles. The topological polar surface area (TPSA) is 55.4 Å². The van der Waals surface area contributed by atoms with Gasteiger partial charge in [-0.05, 0) is 43.5 Å². The Balaban J connectivity index is 2.46. The normalized spacial score (nSPS) is 10.6. The second-order valence-corrected chi connectivity index (χ2v) is 4.78. The highest BCUT2D eigenvalue weighted by Crippen LogP contribution is 2.12. The fourth-order valence-corrected chi connectivity index (χ4v) is 1.82. The first kappa shape index (κ1) is 17.2. The van der Waals surface area contributed by atoms with Crippen LogP contribution in [0.1, 0.15) is 31.7 Å². The molecule has 1 aromatic rings. The minimum absolute atomic E-state index is 0.0186. The number of ether oxygens (including phenoxy) is 1. The molecule has 0 atom stereocenters. The third-order valence-electron chi connectivity index (χ3n) is 2.68. The maximum Gasteiger partial charge on any atom is 0.330 e. The molecule has 0 aromatic heterocycles. The second kappa shape index (κ2) is 10.00. The smallest absolute Gasteiger partial charge is 0.330 e. The first-order valence-corrected chi connectivity index (χ1v) is 7.50. The summed E-state index contributed by atoms with van der Waals surface area (Å²) in [6, 6.07) is 7.24. The molecule has 0 aliphatic rings. The lowest BCUT2D eigenvalue weighted by Crippen LogP contribution is -2.10. The standard InChI is InChI=1S/C16H20ClNO3/c1-2-21-16(20)11-8-13-6-9-14(10-7-13)18-15(19)5-3-4-12-17/h6-11H,2-5,12H2,1H3,(H,18,19)/b11-8+. The van der Waals surface area contributed by atoms with Crippen molar-refractivity contribution in [3.63, 3.8) is 0 Å². The molecule has 0 saturated carbocycles. The van der Waals surface area contributed by atoms with Gasteiger partial charge >= 0.3 is 5.97 Å². The van der Waals surface area contributed by atoms with Crippen molar-refractivity contribution in [2.75, 3.05) is 17.8 Å². The first-order valence-electron chi connectivity index (χ1n) is 6.96. The van der Waals surface area contributed by atoms with Crippen molar-refractivity contribution in [1.29, 1.82) is 0 Å². The van der Waals surface area contributed by atoms with Crippen LogP contribution in [0.25, 0.3) is 6.08 Å². The quantitative estimate of drug-likeness (QED) is 0.345. The molecule has 1 aromatic carbocycles. The molecule has 4 nitrogen and oxygen atoms in total. The van der Waals surface area contributed by atoms with E-state index in [4.69, 9.17) is 16.3 Å². The van der Waals surface area contributed by atoms with Crippen molar-refractivity contribution in [2.45, 2.75) is 26.2 Å². The Morgan fingerprint density at radius 2 is 1.95 bits per heavy atom. The number of alkyl halides is 1. The highest BCUT2D eigenvalue weighted by molar-refractivity contribution is 6.17. The van der Waals surface area contributed by atoms with Gasteiger partial charge in [0.2, 0.25) is 5.91 Å². The van der Waals surface area contributed by atoms with Gasteiger partial charge in [-0.25, -0.2) is 4.79 Å². The Bertz CT molecular complexity index is 483. The number of unbranched alkanes of at least 4 members (excludes halogenated alkanes) is 1. The summed E-state index contributed by atoms with van der Waals surface area (Å²) in [5, 5.41) is 2.82. The van der Waals surface area contributed by atoms with Crippen molar-refractivity contribution in [3.8, 4) is 0 Å². The van der Waals surface area contributed by atoms with Crippen molar-refractivity contribution in [3.05, 3.63) is 35.9 Å². The van der Waals surface area contributed by atoms with E-state index in [-0.39, 0.29) is 11.9 Å². The summed E-state index contributed by atoms with van der Waals surface area (Å²) in [5.41, 5.74) is 1.60. The van der Waals surface area contributed by atoms with Crippen LogP contribution >= 0.6 is 11.6 Å². The third-order valence-corrected chi connectivity index (χ3v) is 2.95. The summed E-state index contributed by atoms with van der Waals surface area (Å²) in [6.07, 6.45) is 5.15. The number of nitrogens with one attached hydrogen (secondary N) is 1. The number of hydrogen-bond acceptors (Lipinski definition) is 3. The molecule has 0 radical (unpaired) electrons. The zero-order valence-corrected chi connectivity index (χ0v) is 12.9. The van der Waals surface area contributed by atoms with E-state index >= 15 is 0 Å². The molecule has 1 amide bonds. The van der Waals surface area contributed by atoms with Gasteiger partial charge in [0.15, 0.2) is 0 Å². The molecule has 0 bridgehead atoms. The van der Waals surface area contributed by atoms with Gasteiger partial charge in [0.05, 0.1) is 6.61 Å². The lowest BCUT2D eigenvalue weighted by molar-refractivity contribution is -0.137. The van der Waals surface area contributed by atoms with Crippen molar-refractivity contribution >= 4 is 35.2 Å². The molecule has 0 aliphatic heterocycles. The maximum absolute atomic E-state index is 11.6. The summed E-state index contributed by atoms with van der Waals surface area (Å²) < 4.78 is 4.79. The highest BCUT2D eigenvalue weighted by atomic mass is 35.5. The Morgan fingerprint density at radius 3 is 2.57 bits per heavy atom. The summed E-state index contributed by atoms with van der Waals surface area (Å²) >= 11 is 5.56. The molecule has 21 heavy (non-hydrogen) atoms. The fraction of sp³-hybridized carbons (Fsp3) is 0.375. The monoisotopic (exact) mass is 309 g/mol. The lowest BCUT2D eigenvalue weighted by atomic mass is 10.2. The van der Waals surface area contributed by atoms with Crippen LogP contribution < -0.4 is 5.32 Å². The fourth-order valence-electron chi connectivity index (χ4n) is 1.64. The first-order chi connectivity index (χ1) is 10.2. The Morgan fingerprint density at radius 1 is 1.24 bits per heavy atom. The number of carbonyl (C=O) groups excluding carboxylic acids is 2.